The third-order valence-corrected chi connectivity index (χ3v) is 4.47. The second kappa shape index (κ2) is 7.78. The zero-order chi connectivity index (χ0) is 17.8. The van der Waals surface area contributed by atoms with Gasteiger partial charge in [-0.15, -0.1) is 0 Å². The maximum atomic E-state index is 11.4. The molecule has 134 valence electrons. The minimum Gasteiger partial charge on any atom is -0.369 e. The molecule has 1 saturated heterocycles. The van der Waals surface area contributed by atoms with Crippen molar-refractivity contribution in [1.82, 2.24) is 15.0 Å². The second-order valence-corrected chi connectivity index (χ2v) is 7.07. The van der Waals surface area contributed by atoms with E-state index in [1.165, 1.54) is 5.69 Å². The van der Waals surface area contributed by atoms with Gasteiger partial charge in [-0.1, -0.05) is 19.0 Å². The summed E-state index contributed by atoms with van der Waals surface area (Å²) >= 11 is 0. The molecule has 1 aromatic carbocycles. The van der Waals surface area contributed by atoms with E-state index in [4.69, 9.17) is 4.52 Å². The molecule has 0 unspecified atom stereocenters. The summed E-state index contributed by atoms with van der Waals surface area (Å²) < 4.78 is 5.31. The van der Waals surface area contributed by atoms with Crippen molar-refractivity contribution >= 4 is 11.5 Å². The maximum absolute atomic E-state index is 11.4. The summed E-state index contributed by atoms with van der Waals surface area (Å²) in [6.07, 6.45) is 0.830. The zero-order valence-corrected chi connectivity index (χ0v) is 15.2. The highest BCUT2D eigenvalue weighted by Crippen LogP contribution is 2.18. The van der Waals surface area contributed by atoms with Crippen molar-refractivity contribution < 1.29 is 9.32 Å². The number of aromatic nitrogens is 2. The molecule has 1 fully saturated rings. The first-order valence-electron chi connectivity index (χ1n) is 8.91. The normalized spacial score (nSPS) is 15.8. The van der Waals surface area contributed by atoms with E-state index in [9.17, 15) is 4.79 Å². The maximum Gasteiger partial charge on any atom is 0.226 e. The van der Waals surface area contributed by atoms with Crippen molar-refractivity contribution in [1.29, 1.82) is 0 Å². The van der Waals surface area contributed by atoms with E-state index < -0.39 is 0 Å². The van der Waals surface area contributed by atoms with Crippen molar-refractivity contribution in [3.63, 3.8) is 0 Å². The third-order valence-electron chi connectivity index (χ3n) is 4.47. The molecule has 2 heterocycles. The molecule has 0 radical (unpaired) electrons. The number of Topliss-reactive ketones (excluding diaryl/α,β-unsaturated/α-hetero) is 1. The van der Waals surface area contributed by atoms with Crippen LogP contribution in [0.4, 0.5) is 5.69 Å². The molecule has 25 heavy (non-hydrogen) atoms. The number of nitrogens with zero attached hydrogens (tertiary/aromatic N) is 4. The Morgan fingerprint density at radius 3 is 2.44 bits per heavy atom. The lowest BCUT2D eigenvalue weighted by Crippen LogP contribution is -2.46. The van der Waals surface area contributed by atoms with Crippen LogP contribution in [-0.2, 0) is 13.0 Å². The van der Waals surface area contributed by atoms with Gasteiger partial charge in [0.05, 0.1) is 6.54 Å². The summed E-state index contributed by atoms with van der Waals surface area (Å²) in [6.45, 7) is 10.5. The van der Waals surface area contributed by atoms with E-state index in [-0.39, 0.29) is 5.78 Å². The number of carbonyl (C=O) groups is 1. The average molecular weight is 342 g/mol. The van der Waals surface area contributed by atoms with Gasteiger partial charge >= 0.3 is 0 Å². The number of rotatable bonds is 6. The first-order valence-corrected chi connectivity index (χ1v) is 8.91. The number of ketones is 1. The van der Waals surface area contributed by atoms with Crippen LogP contribution in [0.25, 0.3) is 0 Å². The Morgan fingerprint density at radius 2 is 1.84 bits per heavy atom. The van der Waals surface area contributed by atoms with Crippen molar-refractivity contribution in [2.75, 3.05) is 31.1 Å². The molecule has 0 amide bonds. The van der Waals surface area contributed by atoms with E-state index in [1.807, 2.05) is 24.3 Å². The Kier molecular flexibility index (Phi) is 5.48. The number of carbonyl (C=O) groups excluding carboxylic acids is 1. The number of piperazine rings is 1. The smallest absolute Gasteiger partial charge is 0.226 e. The average Bonchev–Trinajstić information content (AvgIpc) is 3.02. The number of hydrogen-bond donors (Lipinski definition) is 0. The molecule has 0 aliphatic carbocycles. The first-order chi connectivity index (χ1) is 12.0. The van der Waals surface area contributed by atoms with Crippen LogP contribution in [0.1, 0.15) is 42.8 Å². The summed E-state index contributed by atoms with van der Waals surface area (Å²) in [6, 6.07) is 7.87. The number of hydrogen-bond acceptors (Lipinski definition) is 6. The van der Waals surface area contributed by atoms with Crippen LogP contribution >= 0.6 is 0 Å². The van der Waals surface area contributed by atoms with Crippen molar-refractivity contribution in [3.8, 4) is 0 Å². The predicted octanol–water partition coefficient (Wildman–Crippen LogP) is 2.79. The van der Waals surface area contributed by atoms with Gasteiger partial charge in [0.25, 0.3) is 0 Å². The molecule has 3 rings (SSSR count). The molecule has 1 aromatic heterocycles. The molecule has 6 nitrogen and oxygen atoms in total. The van der Waals surface area contributed by atoms with Gasteiger partial charge in [0.15, 0.2) is 11.6 Å². The molecule has 0 bridgehead atoms. The minimum absolute atomic E-state index is 0.105. The lowest BCUT2D eigenvalue weighted by Gasteiger charge is -2.35. The highest BCUT2D eigenvalue weighted by molar-refractivity contribution is 5.94. The highest BCUT2D eigenvalue weighted by atomic mass is 16.5. The van der Waals surface area contributed by atoms with Crippen molar-refractivity contribution in [2.24, 2.45) is 5.92 Å². The monoisotopic (exact) mass is 342 g/mol. The van der Waals surface area contributed by atoms with Gasteiger partial charge in [-0.3, -0.25) is 9.69 Å². The van der Waals surface area contributed by atoms with Crippen molar-refractivity contribution in [2.45, 2.75) is 33.7 Å². The summed E-state index contributed by atoms with van der Waals surface area (Å²) in [5, 5.41) is 4.09. The lowest BCUT2D eigenvalue weighted by molar-refractivity contribution is 0.101. The summed E-state index contributed by atoms with van der Waals surface area (Å²) in [5.74, 6) is 2.13. The van der Waals surface area contributed by atoms with E-state index in [1.54, 1.807) is 6.92 Å². The van der Waals surface area contributed by atoms with Crippen LogP contribution in [-0.4, -0.2) is 47.0 Å². The van der Waals surface area contributed by atoms with Crippen molar-refractivity contribution in [3.05, 3.63) is 41.5 Å². The highest BCUT2D eigenvalue weighted by Gasteiger charge is 2.19. The van der Waals surface area contributed by atoms with Gasteiger partial charge < -0.3 is 9.42 Å². The molecule has 0 spiro atoms. The molecule has 1 aliphatic heterocycles. The molecule has 2 aromatic rings. The molecule has 1 aliphatic rings. The van der Waals surface area contributed by atoms with E-state index in [2.05, 4.69) is 33.8 Å². The quantitative estimate of drug-likeness (QED) is 0.752. The fourth-order valence-electron chi connectivity index (χ4n) is 3.06. The molecule has 0 saturated carbocycles. The van der Waals surface area contributed by atoms with Gasteiger partial charge in [-0.2, -0.15) is 4.98 Å². The number of anilines is 1. The Balaban J connectivity index is 1.51. The standard InChI is InChI=1S/C19H26N4O2/c1-14(2)12-19-20-18(21-25-19)13-22-8-10-23(11-9-22)17-6-4-16(5-7-17)15(3)24/h4-7,14H,8-13H2,1-3H3. The van der Waals surface area contributed by atoms with Gasteiger partial charge in [0, 0.05) is 43.9 Å². The summed E-state index contributed by atoms with van der Waals surface area (Å²) in [5.41, 5.74) is 1.93. The summed E-state index contributed by atoms with van der Waals surface area (Å²) in [4.78, 5) is 20.6. The Bertz CT molecular complexity index is 700. The SMILES string of the molecule is CC(=O)c1ccc(N2CCN(Cc3noc(CC(C)C)n3)CC2)cc1. The van der Waals surface area contributed by atoms with Gasteiger partial charge in [0.1, 0.15) is 0 Å². The van der Waals surface area contributed by atoms with Gasteiger partial charge in [0.2, 0.25) is 5.89 Å². The lowest BCUT2D eigenvalue weighted by atomic mass is 10.1. The number of benzene rings is 1. The molecule has 6 heteroatoms. The van der Waals surface area contributed by atoms with E-state index in [0.717, 1.165) is 56.4 Å². The topological polar surface area (TPSA) is 62.5 Å². The largest absolute Gasteiger partial charge is 0.369 e. The van der Waals surface area contributed by atoms with Crippen LogP contribution in [0.3, 0.4) is 0 Å². The summed E-state index contributed by atoms with van der Waals surface area (Å²) in [7, 11) is 0. The van der Waals surface area contributed by atoms with Crippen LogP contribution < -0.4 is 4.90 Å². The fraction of sp³-hybridized carbons (Fsp3) is 0.526. The fourth-order valence-corrected chi connectivity index (χ4v) is 3.06. The van der Waals surface area contributed by atoms with Crippen LogP contribution in [0, 0.1) is 5.92 Å². The van der Waals surface area contributed by atoms with Crippen LogP contribution in [0.15, 0.2) is 28.8 Å². The predicted molar refractivity (Wildman–Crippen MR) is 96.8 cm³/mol. The van der Waals surface area contributed by atoms with Gasteiger partial charge in [-0.25, -0.2) is 0 Å². The Hall–Kier alpha value is -2.21. The van der Waals surface area contributed by atoms with Gasteiger partial charge in [-0.05, 0) is 37.1 Å². The van der Waals surface area contributed by atoms with Crippen LogP contribution in [0.5, 0.6) is 0 Å². The Labute approximate surface area is 148 Å². The van der Waals surface area contributed by atoms with E-state index in [0.29, 0.717) is 5.92 Å². The first kappa shape index (κ1) is 17.6. The second-order valence-electron chi connectivity index (χ2n) is 7.07. The van der Waals surface area contributed by atoms with Crippen LogP contribution in [0.2, 0.25) is 0 Å². The molecular weight excluding hydrogens is 316 g/mol. The van der Waals surface area contributed by atoms with E-state index >= 15 is 0 Å². The minimum atomic E-state index is 0.105. The molecular formula is C19H26N4O2. The molecule has 0 atom stereocenters. The molecule has 0 N–H and O–H groups in total. The Morgan fingerprint density at radius 1 is 1.16 bits per heavy atom. The zero-order valence-electron chi connectivity index (χ0n) is 15.2. The third kappa shape index (κ3) is 4.66.